The lowest BCUT2D eigenvalue weighted by molar-refractivity contribution is -0.124. The number of hydrogen-bond donors (Lipinski definition) is 4. The molecule has 0 fully saturated rings. The number of fused-ring (bicyclic) bond motifs is 1. The largest absolute Gasteiger partial charge is 0.456 e. The molecule has 5 N–H and O–H groups in total. The number of anilines is 3. The Bertz CT molecular complexity index is 1350. The molecular weight excluding hydrogens is 468 g/mol. The molecule has 35 heavy (non-hydrogen) atoms. The maximum atomic E-state index is 12.0. The molecule has 0 bridgehead atoms. The van der Waals surface area contributed by atoms with E-state index in [9.17, 15) is 9.90 Å². The van der Waals surface area contributed by atoms with Crippen molar-refractivity contribution in [3.8, 4) is 11.5 Å². The van der Waals surface area contributed by atoms with E-state index in [2.05, 4.69) is 20.6 Å². The first kappa shape index (κ1) is 24.3. The zero-order chi connectivity index (χ0) is 25.0. The number of ether oxygens (including phenoxy) is 1. The van der Waals surface area contributed by atoms with Crippen LogP contribution < -0.4 is 21.1 Å². The van der Waals surface area contributed by atoms with Crippen molar-refractivity contribution in [3.05, 3.63) is 66.1 Å². The zero-order valence-electron chi connectivity index (χ0n) is 19.5. The number of amides is 1. The van der Waals surface area contributed by atoms with Crippen molar-refractivity contribution < 1.29 is 14.6 Å². The Morgan fingerprint density at radius 2 is 2.03 bits per heavy atom. The van der Waals surface area contributed by atoms with Crippen LogP contribution in [0.1, 0.15) is 20.3 Å². The first-order valence-corrected chi connectivity index (χ1v) is 11.4. The Kier molecular flexibility index (Phi) is 7.09. The molecule has 0 radical (unpaired) electrons. The molecule has 2 aromatic carbocycles. The molecule has 0 aliphatic rings. The normalized spacial score (nSPS) is 11.4. The van der Waals surface area contributed by atoms with Gasteiger partial charge in [0.15, 0.2) is 5.82 Å². The number of halogens is 1. The highest BCUT2D eigenvalue weighted by molar-refractivity contribution is 6.32. The van der Waals surface area contributed by atoms with E-state index in [0.29, 0.717) is 41.1 Å². The summed E-state index contributed by atoms with van der Waals surface area (Å²) in [6.07, 6.45) is 3.41. The fourth-order valence-corrected chi connectivity index (χ4v) is 3.80. The van der Waals surface area contributed by atoms with Crippen molar-refractivity contribution in [2.75, 3.05) is 17.6 Å². The summed E-state index contributed by atoms with van der Waals surface area (Å²) in [6, 6.07) is 14.4. The SMILES string of the molecule is CC(C)(O)CC(=O)NCCn1ccc2ncnc(Nc3ccc(Oc4cccc(N)c4)c(Cl)c3)c21. The van der Waals surface area contributed by atoms with Crippen LogP contribution >= 0.6 is 11.6 Å². The van der Waals surface area contributed by atoms with Crippen LogP contribution in [0, 0.1) is 0 Å². The maximum Gasteiger partial charge on any atom is 0.222 e. The van der Waals surface area contributed by atoms with Crippen LogP contribution in [-0.4, -0.2) is 37.7 Å². The summed E-state index contributed by atoms with van der Waals surface area (Å²) in [5.41, 5.74) is 7.64. The Hall–Kier alpha value is -3.82. The number of hydrogen-bond acceptors (Lipinski definition) is 7. The van der Waals surface area contributed by atoms with E-state index in [0.717, 1.165) is 16.7 Å². The molecule has 0 unspecified atom stereocenters. The molecule has 1 amide bonds. The van der Waals surface area contributed by atoms with Gasteiger partial charge in [-0.05, 0) is 50.2 Å². The number of aromatic nitrogens is 3. The second-order valence-corrected chi connectivity index (χ2v) is 9.16. The zero-order valence-corrected chi connectivity index (χ0v) is 20.2. The third-order valence-electron chi connectivity index (χ3n) is 5.10. The van der Waals surface area contributed by atoms with Crippen molar-refractivity contribution in [1.29, 1.82) is 0 Å². The number of rotatable bonds is 9. The maximum absolute atomic E-state index is 12.0. The first-order chi connectivity index (χ1) is 16.7. The third kappa shape index (κ3) is 6.40. The molecule has 10 heteroatoms. The van der Waals surface area contributed by atoms with Gasteiger partial charge >= 0.3 is 0 Å². The lowest BCUT2D eigenvalue weighted by atomic mass is 10.1. The van der Waals surface area contributed by atoms with Gasteiger partial charge in [-0.15, -0.1) is 0 Å². The van der Waals surface area contributed by atoms with Crippen molar-refractivity contribution in [3.63, 3.8) is 0 Å². The quantitative estimate of drug-likeness (QED) is 0.252. The van der Waals surface area contributed by atoms with Crippen LogP contribution in [-0.2, 0) is 11.3 Å². The van der Waals surface area contributed by atoms with Crippen molar-refractivity contribution >= 4 is 45.7 Å². The molecule has 2 heterocycles. The van der Waals surface area contributed by atoms with Crippen LogP contribution in [0.5, 0.6) is 11.5 Å². The highest BCUT2D eigenvalue weighted by Crippen LogP contribution is 2.33. The van der Waals surface area contributed by atoms with Gasteiger partial charge in [-0.2, -0.15) is 0 Å². The number of carbonyl (C=O) groups excluding carboxylic acids is 1. The van der Waals surface area contributed by atoms with Gasteiger partial charge in [0.2, 0.25) is 5.91 Å². The van der Waals surface area contributed by atoms with Crippen molar-refractivity contribution in [2.45, 2.75) is 32.4 Å². The smallest absolute Gasteiger partial charge is 0.222 e. The van der Waals surface area contributed by atoms with E-state index in [1.54, 1.807) is 44.2 Å². The molecule has 0 atom stereocenters. The number of benzene rings is 2. The Morgan fingerprint density at radius 3 is 2.77 bits per heavy atom. The Labute approximate surface area is 207 Å². The van der Waals surface area contributed by atoms with Gasteiger partial charge in [0, 0.05) is 36.7 Å². The van der Waals surface area contributed by atoms with E-state index in [1.807, 2.05) is 29.0 Å². The van der Waals surface area contributed by atoms with Crippen LogP contribution in [0.4, 0.5) is 17.2 Å². The van der Waals surface area contributed by atoms with Gasteiger partial charge in [-0.25, -0.2) is 9.97 Å². The number of nitrogens with zero attached hydrogens (tertiary/aromatic N) is 3. The standard InChI is InChI=1S/C25H27ClN6O3/c1-25(2,34)14-22(33)28-9-11-32-10-8-20-23(32)24(30-15-29-20)31-17-6-7-21(19(26)13-17)35-18-5-3-4-16(27)12-18/h3-8,10,12-13,15,34H,9,11,14,27H2,1-2H3,(H,28,33)(H,29,30,31). The molecule has 9 nitrogen and oxygen atoms in total. The number of nitrogens with two attached hydrogens (primary N) is 1. The summed E-state index contributed by atoms with van der Waals surface area (Å²) in [5.74, 6) is 1.49. The summed E-state index contributed by atoms with van der Waals surface area (Å²) in [6.45, 7) is 4.11. The van der Waals surface area contributed by atoms with Gasteiger partial charge in [0.05, 0.1) is 22.6 Å². The average Bonchev–Trinajstić information content (AvgIpc) is 3.19. The fraction of sp³-hybridized carbons (Fsp3) is 0.240. The van der Waals surface area contributed by atoms with Crippen LogP contribution in [0.15, 0.2) is 61.1 Å². The lowest BCUT2D eigenvalue weighted by Gasteiger charge is -2.16. The highest BCUT2D eigenvalue weighted by atomic mass is 35.5. The van der Waals surface area contributed by atoms with E-state index < -0.39 is 5.60 Å². The predicted molar refractivity (Wildman–Crippen MR) is 137 cm³/mol. The fourth-order valence-electron chi connectivity index (χ4n) is 3.58. The number of nitrogens with one attached hydrogen (secondary N) is 2. The average molecular weight is 495 g/mol. The number of aliphatic hydroxyl groups is 1. The highest BCUT2D eigenvalue weighted by Gasteiger charge is 2.18. The first-order valence-electron chi connectivity index (χ1n) is 11.1. The van der Waals surface area contributed by atoms with E-state index in [-0.39, 0.29) is 12.3 Å². The molecule has 0 saturated heterocycles. The summed E-state index contributed by atoms with van der Waals surface area (Å²) in [5, 5.41) is 16.3. The minimum atomic E-state index is -1.05. The second kappa shape index (κ2) is 10.2. The monoisotopic (exact) mass is 494 g/mol. The predicted octanol–water partition coefficient (Wildman–Crippen LogP) is 4.48. The molecule has 4 rings (SSSR count). The van der Waals surface area contributed by atoms with Crippen LogP contribution in [0.25, 0.3) is 11.0 Å². The summed E-state index contributed by atoms with van der Waals surface area (Å²) in [7, 11) is 0. The Balaban J connectivity index is 1.48. The molecule has 182 valence electrons. The molecule has 4 aromatic rings. The summed E-state index contributed by atoms with van der Waals surface area (Å²) in [4.78, 5) is 20.7. The lowest BCUT2D eigenvalue weighted by Crippen LogP contribution is -2.33. The molecule has 0 aliphatic carbocycles. The van der Waals surface area contributed by atoms with Gasteiger partial charge in [-0.1, -0.05) is 17.7 Å². The second-order valence-electron chi connectivity index (χ2n) is 8.75. The van der Waals surface area contributed by atoms with Crippen molar-refractivity contribution in [2.24, 2.45) is 0 Å². The van der Waals surface area contributed by atoms with Gasteiger partial charge in [0.25, 0.3) is 0 Å². The minimum absolute atomic E-state index is 0.0352. The Morgan fingerprint density at radius 1 is 1.20 bits per heavy atom. The van der Waals surface area contributed by atoms with Gasteiger partial charge in [-0.3, -0.25) is 4.79 Å². The molecule has 0 saturated carbocycles. The molecular formula is C25H27ClN6O3. The third-order valence-corrected chi connectivity index (χ3v) is 5.39. The van der Waals surface area contributed by atoms with E-state index in [4.69, 9.17) is 22.1 Å². The number of nitrogen functional groups attached to an aromatic ring is 1. The molecule has 2 aromatic heterocycles. The van der Waals surface area contributed by atoms with E-state index >= 15 is 0 Å². The molecule has 0 spiro atoms. The minimum Gasteiger partial charge on any atom is -0.456 e. The van der Waals surface area contributed by atoms with Gasteiger partial charge in [0.1, 0.15) is 23.3 Å². The van der Waals surface area contributed by atoms with Crippen molar-refractivity contribution in [1.82, 2.24) is 19.9 Å². The topological polar surface area (TPSA) is 127 Å². The molecule has 0 aliphatic heterocycles. The summed E-state index contributed by atoms with van der Waals surface area (Å²) < 4.78 is 7.81. The van der Waals surface area contributed by atoms with Crippen LogP contribution in [0.2, 0.25) is 5.02 Å². The van der Waals surface area contributed by atoms with Gasteiger partial charge < -0.3 is 30.8 Å². The number of carbonyl (C=O) groups is 1. The van der Waals surface area contributed by atoms with Crippen LogP contribution in [0.3, 0.4) is 0 Å². The summed E-state index contributed by atoms with van der Waals surface area (Å²) >= 11 is 6.47. The van der Waals surface area contributed by atoms with E-state index in [1.165, 1.54) is 6.33 Å².